The molecule has 1 saturated carbocycles. The van der Waals surface area contributed by atoms with Gasteiger partial charge >= 0.3 is 0 Å². The van der Waals surface area contributed by atoms with Crippen molar-refractivity contribution in [2.24, 2.45) is 17.6 Å². The third kappa shape index (κ3) is 3.44. The molecule has 0 bridgehead atoms. The zero-order chi connectivity index (χ0) is 14.6. The van der Waals surface area contributed by atoms with Crippen LogP contribution in [0.2, 0.25) is 0 Å². The zero-order valence-corrected chi connectivity index (χ0v) is 13.3. The van der Waals surface area contributed by atoms with Gasteiger partial charge in [-0.3, -0.25) is 4.90 Å². The van der Waals surface area contributed by atoms with Gasteiger partial charge in [0.2, 0.25) is 0 Å². The van der Waals surface area contributed by atoms with Gasteiger partial charge in [0.15, 0.2) is 0 Å². The summed E-state index contributed by atoms with van der Waals surface area (Å²) < 4.78 is 5.18. The number of furan rings is 1. The first-order valence-electron chi connectivity index (χ1n) is 8.00. The largest absolute Gasteiger partial charge is 0.472 e. The highest BCUT2D eigenvalue weighted by molar-refractivity contribution is 5.06. The van der Waals surface area contributed by atoms with Gasteiger partial charge in [-0.2, -0.15) is 0 Å². The lowest BCUT2D eigenvalue weighted by atomic mass is 9.85. The van der Waals surface area contributed by atoms with Crippen LogP contribution >= 0.6 is 0 Å². The Bertz CT molecular complexity index is 388. The van der Waals surface area contributed by atoms with Crippen molar-refractivity contribution in [2.45, 2.75) is 58.0 Å². The quantitative estimate of drug-likeness (QED) is 0.836. The van der Waals surface area contributed by atoms with Gasteiger partial charge in [0.25, 0.3) is 0 Å². The van der Waals surface area contributed by atoms with Gasteiger partial charge in [-0.1, -0.05) is 26.7 Å². The first kappa shape index (κ1) is 15.6. The molecular weight excluding hydrogens is 248 g/mol. The van der Waals surface area contributed by atoms with E-state index < -0.39 is 0 Å². The van der Waals surface area contributed by atoms with Crippen LogP contribution in [-0.2, 0) is 6.54 Å². The molecule has 0 saturated heterocycles. The summed E-state index contributed by atoms with van der Waals surface area (Å²) >= 11 is 0. The Labute approximate surface area is 123 Å². The van der Waals surface area contributed by atoms with Crippen LogP contribution in [0.25, 0.3) is 0 Å². The van der Waals surface area contributed by atoms with E-state index in [1.54, 1.807) is 6.26 Å². The van der Waals surface area contributed by atoms with E-state index in [9.17, 15) is 0 Å². The van der Waals surface area contributed by atoms with Crippen LogP contribution < -0.4 is 5.73 Å². The van der Waals surface area contributed by atoms with E-state index in [-0.39, 0.29) is 5.54 Å². The number of hydrogen-bond donors (Lipinski definition) is 1. The van der Waals surface area contributed by atoms with Crippen LogP contribution in [0.5, 0.6) is 0 Å². The summed E-state index contributed by atoms with van der Waals surface area (Å²) in [6.07, 6.45) is 10.0. The predicted molar refractivity (Wildman–Crippen MR) is 83.4 cm³/mol. The minimum Gasteiger partial charge on any atom is -0.472 e. The molecule has 3 heteroatoms. The van der Waals surface area contributed by atoms with E-state index in [1.807, 2.05) is 12.3 Å². The van der Waals surface area contributed by atoms with Gasteiger partial charge < -0.3 is 10.2 Å². The summed E-state index contributed by atoms with van der Waals surface area (Å²) in [4.78, 5) is 2.46. The molecule has 1 heterocycles. The maximum absolute atomic E-state index is 6.19. The number of nitrogens with two attached hydrogens (primary N) is 1. The highest BCUT2D eigenvalue weighted by Crippen LogP contribution is 2.37. The predicted octanol–water partition coefficient (Wildman–Crippen LogP) is 3.65. The Morgan fingerprint density at radius 1 is 1.40 bits per heavy atom. The van der Waals surface area contributed by atoms with Crippen molar-refractivity contribution in [1.29, 1.82) is 0 Å². The van der Waals surface area contributed by atoms with Crippen molar-refractivity contribution in [1.82, 2.24) is 4.90 Å². The molecule has 1 aliphatic carbocycles. The van der Waals surface area contributed by atoms with Gasteiger partial charge in [-0.25, -0.2) is 0 Å². The molecule has 2 atom stereocenters. The summed E-state index contributed by atoms with van der Waals surface area (Å²) in [7, 11) is 2.22. The van der Waals surface area contributed by atoms with Crippen LogP contribution in [0.1, 0.15) is 51.5 Å². The Hall–Kier alpha value is -0.800. The van der Waals surface area contributed by atoms with Crippen molar-refractivity contribution < 1.29 is 4.42 Å². The van der Waals surface area contributed by atoms with Crippen LogP contribution in [-0.4, -0.2) is 24.0 Å². The third-order valence-electron chi connectivity index (χ3n) is 5.33. The normalized spacial score (nSPS) is 28.0. The second kappa shape index (κ2) is 6.77. The van der Waals surface area contributed by atoms with E-state index in [1.165, 1.54) is 37.7 Å². The smallest absolute Gasteiger partial charge is 0.0947 e. The third-order valence-corrected chi connectivity index (χ3v) is 5.33. The van der Waals surface area contributed by atoms with Crippen LogP contribution in [0.15, 0.2) is 23.0 Å². The topological polar surface area (TPSA) is 42.4 Å². The Kier molecular flexibility index (Phi) is 5.28. The molecule has 1 aromatic heterocycles. The molecule has 0 aliphatic heterocycles. The molecule has 2 unspecified atom stereocenters. The van der Waals surface area contributed by atoms with E-state index in [0.29, 0.717) is 0 Å². The molecular formula is C17H30N2O. The minimum absolute atomic E-state index is 0.168. The van der Waals surface area contributed by atoms with Crippen molar-refractivity contribution in [3.63, 3.8) is 0 Å². The van der Waals surface area contributed by atoms with Gasteiger partial charge in [0.1, 0.15) is 0 Å². The van der Waals surface area contributed by atoms with Gasteiger partial charge in [0.05, 0.1) is 12.5 Å². The molecule has 0 amide bonds. The average Bonchev–Trinajstić information content (AvgIpc) is 2.82. The molecule has 1 aliphatic rings. The summed E-state index contributed by atoms with van der Waals surface area (Å²) in [6, 6.07) is 2.05. The second-order valence-corrected chi connectivity index (χ2v) is 6.85. The Morgan fingerprint density at radius 3 is 2.80 bits per heavy atom. The summed E-state index contributed by atoms with van der Waals surface area (Å²) in [5, 5.41) is 0. The van der Waals surface area contributed by atoms with E-state index >= 15 is 0 Å². The first-order chi connectivity index (χ1) is 9.57. The number of nitrogens with zero attached hydrogens (tertiary/aromatic N) is 1. The van der Waals surface area contributed by atoms with Crippen LogP contribution in [0.3, 0.4) is 0 Å². The van der Waals surface area contributed by atoms with Crippen molar-refractivity contribution in [3.05, 3.63) is 24.2 Å². The van der Waals surface area contributed by atoms with Gasteiger partial charge in [-0.15, -0.1) is 0 Å². The highest BCUT2D eigenvalue weighted by Gasteiger charge is 2.36. The lowest BCUT2D eigenvalue weighted by Gasteiger charge is -2.41. The van der Waals surface area contributed by atoms with E-state index in [0.717, 1.165) is 24.9 Å². The standard InChI is InChI=1S/C17H30N2O/c1-14(2)16-5-4-8-17(13-18,9-6-16)19(3)11-15-7-10-20-12-15/h7,10,12,14,16H,4-6,8-9,11,13,18H2,1-3H3. The number of hydrogen-bond acceptors (Lipinski definition) is 3. The summed E-state index contributed by atoms with van der Waals surface area (Å²) in [6.45, 7) is 6.40. The maximum atomic E-state index is 6.19. The van der Waals surface area contributed by atoms with Crippen molar-refractivity contribution in [2.75, 3.05) is 13.6 Å². The number of rotatable bonds is 5. The molecule has 3 nitrogen and oxygen atoms in total. The van der Waals surface area contributed by atoms with E-state index in [2.05, 4.69) is 25.8 Å². The van der Waals surface area contributed by atoms with Crippen molar-refractivity contribution in [3.8, 4) is 0 Å². The molecule has 20 heavy (non-hydrogen) atoms. The zero-order valence-electron chi connectivity index (χ0n) is 13.3. The molecule has 2 rings (SSSR count). The first-order valence-corrected chi connectivity index (χ1v) is 8.00. The minimum atomic E-state index is 0.168. The summed E-state index contributed by atoms with van der Waals surface area (Å²) in [5.41, 5.74) is 7.60. The molecule has 114 valence electrons. The lowest BCUT2D eigenvalue weighted by Crippen LogP contribution is -2.51. The molecule has 0 spiro atoms. The van der Waals surface area contributed by atoms with Gasteiger partial charge in [0, 0.05) is 24.2 Å². The monoisotopic (exact) mass is 278 g/mol. The fraction of sp³-hybridized carbons (Fsp3) is 0.765. The van der Waals surface area contributed by atoms with E-state index in [4.69, 9.17) is 10.2 Å². The lowest BCUT2D eigenvalue weighted by molar-refractivity contribution is 0.0973. The molecule has 2 N–H and O–H groups in total. The van der Waals surface area contributed by atoms with Crippen LogP contribution in [0, 0.1) is 11.8 Å². The fourth-order valence-corrected chi connectivity index (χ4v) is 3.65. The maximum Gasteiger partial charge on any atom is 0.0947 e. The Morgan fingerprint density at radius 2 is 2.20 bits per heavy atom. The summed E-state index contributed by atoms with van der Waals surface area (Å²) in [5.74, 6) is 1.66. The molecule has 1 fully saturated rings. The number of likely N-dealkylation sites (N-methyl/N-ethyl adjacent to an activating group) is 1. The van der Waals surface area contributed by atoms with Crippen molar-refractivity contribution >= 4 is 0 Å². The molecule has 1 aromatic rings. The Balaban J connectivity index is 2.04. The fourth-order valence-electron chi connectivity index (χ4n) is 3.65. The molecule has 0 aromatic carbocycles. The average molecular weight is 278 g/mol. The van der Waals surface area contributed by atoms with Gasteiger partial charge in [-0.05, 0) is 44.2 Å². The highest BCUT2D eigenvalue weighted by atomic mass is 16.3. The van der Waals surface area contributed by atoms with Crippen LogP contribution in [0.4, 0.5) is 0 Å². The molecule has 0 radical (unpaired) electrons. The SMILES string of the molecule is CC(C)C1CCCC(CN)(N(C)Cc2ccoc2)CC1. The second-order valence-electron chi connectivity index (χ2n) is 6.85.